The number of methoxy groups -OCH3 is 1. The van der Waals surface area contributed by atoms with Gasteiger partial charge in [-0.15, -0.1) is 11.6 Å². The Balaban J connectivity index is 2.32. The number of nitrogens with zero attached hydrogens (tertiary/aromatic N) is 1. The van der Waals surface area contributed by atoms with E-state index < -0.39 is 15.8 Å². The van der Waals surface area contributed by atoms with E-state index in [9.17, 15) is 12.8 Å². The van der Waals surface area contributed by atoms with Crippen LogP contribution in [0.2, 0.25) is 0 Å². The van der Waals surface area contributed by atoms with Gasteiger partial charge in [0.15, 0.2) is 0 Å². The highest BCUT2D eigenvalue weighted by molar-refractivity contribution is 7.89. The average molecular weight is 322 g/mol. The van der Waals surface area contributed by atoms with E-state index in [1.165, 1.54) is 23.5 Å². The molecule has 0 saturated heterocycles. The highest BCUT2D eigenvalue weighted by Crippen LogP contribution is 2.32. The van der Waals surface area contributed by atoms with Gasteiger partial charge in [-0.05, 0) is 31.0 Å². The van der Waals surface area contributed by atoms with Crippen molar-refractivity contribution in [3.05, 3.63) is 29.6 Å². The topological polar surface area (TPSA) is 46.6 Å². The molecule has 0 aliphatic heterocycles. The van der Waals surface area contributed by atoms with Crippen LogP contribution in [0.4, 0.5) is 4.39 Å². The van der Waals surface area contributed by atoms with Gasteiger partial charge in [-0.25, -0.2) is 12.8 Å². The Labute approximate surface area is 123 Å². The predicted octanol–water partition coefficient (Wildman–Crippen LogP) is 2.36. The summed E-state index contributed by atoms with van der Waals surface area (Å²) in [4.78, 5) is 0.0811. The maximum absolute atomic E-state index is 13.4. The summed E-state index contributed by atoms with van der Waals surface area (Å²) < 4.78 is 45.0. The standard InChI is InChI=1S/C13H17ClFNO3S/c1-19-7-6-16(11-2-3-11)20(17,18)12-4-5-13(15)10(8-12)9-14/h4-5,8,11H,2-3,6-7,9H2,1H3. The zero-order valence-corrected chi connectivity index (χ0v) is 12.8. The van der Waals surface area contributed by atoms with Crippen LogP contribution in [0.15, 0.2) is 23.1 Å². The molecule has 0 amide bonds. The zero-order chi connectivity index (χ0) is 14.8. The molecular formula is C13H17ClFNO3S. The quantitative estimate of drug-likeness (QED) is 0.724. The molecule has 0 spiro atoms. The van der Waals surface area contributed by atoms with Crippen molar-refractivity contribution in [3.8, 4) is 0 Å². The van der Waals surface area contributed by atoms with Crippen LogP contribution in [-0.2, 0) is 20.6 Å². The molecule has 0 heterocycles. The number of halogens is 2. The molecule has 1 fully saturated rings. The van der Waals surface area contributed by atoms with Crippen molar-refractivity contribution in [1.82, 2.24) is 4.31 Å². The number of benzene rings is 1. The van der Waals surface area contributed by atoms with Gasteiger partial charge in [-0.1, -0.05) is 0 Å². The van der Waals surface area contributed by atoms with Crippen LogP contribution in [0.3, 0.4) is 0 Å². The minimum Gasteiger partial charge on any atom is -0.383 e. The summed E-state index contributed by atoms with van der Waals surface area (Å²) in [6, 6.07) is 3.76. The van der Waals surface area contributed by atoms with E-state index in [-0.39, 0.29) is 22.4 Å². The monoisotopic (exact) mass is 321 g/mol. The van der Waals surface area contributed by atoms with Crippen molar-refractivity contribution in [2.75, 3.05) is 20.3 Å². The Morgan fingerprint density at radius 3 is 2.70 bits per heavy atom. The summed E-state index contributed by atoms with van der Waals surface area (Å²) in [5.41, 5.74) is 0.190. The zero-order valence-electron chi connectivity index (χ0n) is 11.2. The predicted molar refractivity (Wildman–Crippen MR) is 74.7 cm³/mol. The van der Waals surface area contributed by atoms with Crippen molar-refractivity contribution in [2.24, 2.45) is 0 Å². The highest BCUT2D eigenvalue weighted by Gasteiger charge is 2.37. The van der Waals surface area contributed by atoms with Crippen LogP contribution in [0.5, 0.6) is 0 Å². The molecule has 0 unspecified atom stereocenters. The fourth-order valence-electron chi connectivity index (χ4n) is 1.99. The molecule has 2 rings (SSSR count). The molecule has 1 saturated carbocycles. The first kappa shape index (κ1) is 15.7. The third-order valence-electron chi connectivity index (χ3n) is 3.24. The molecule has 1 aliphatic carbocycles. The lowest BCUT2D eigenvalue weighted by molar-refractivity contribution is 0.177. The largest absolute Gasteiger partial charge is 0.383 e. The minimum absolute atomic E-state index is 0.0275. The van der Waals surface area contributed by atoms with E-state index in [1.54, 1.807) is 0 Å². The fraction of sp³-hybridized carbons (Fsp3) is 0.538. The first-order valence-corrected chi connectivity index (χ1v) is 8.33. The molecule has 0 aromatic heterocycles. The van der Waals surface area contributed by atoms with Gasteiger partial charge in [0.25, 0.3) is 0 Å². The smallest absolute Gasteiger partial charge is 0.243 e. The number of alkyl halides is 1. The number of sulfonamides is 1. The summed E-state index contributed by atoms with van der Waals surface area (Å²) in [5, 5.41) is 0. The summed E-state index contributed by atoms with van der Waals surface area (Å²) in [5.74, 6) is -0.551. The molecule has 1 aromatic rings. The number of ether oxygens (including phenoxy) is 1. The molecule has 1 aliphatic rings. The molecule has 0 N–H and O–H groups in total. The molecule has 0 bridgehead atoms. The highest BCUT2D eigenvalue weighted by atomic mass is 35.5. The first-order valence-electron chi connectivity index (χ1n) is 6.36. The van der Waals surface area contributed by atoms with Gasteiger partial charge in [0.1, 0.15) is 5.82 Å². The second-order valence-electron chi connectivity index (χ2n) is 4.73. The Morgan fingerprint density at radius 1 is 1.45 bits per heavy atom. The SMILES string of the molecule is COCCN(C1CC1)S(=O)(=O)c1ccc(F)c(CCl)c1. The van der Waals surface area contributed by atoms with E-state index in [0.717, 1.165) is 18.9 Å². The molecule has 1 aromatic carbocycles. The number of hydrogen-bond acceptors (Lipinski definition) is 3. The van der Waals surface area contributed by atoms with Crippen molar-refractivity contribution >= 4 is 21.6 Å². The lowest BCUT2D eigenvalue weighted by atomic mass is 10.2. The van der Waals surface area contributed by atoms with Gasteiger partial charge in [0.05, 0.1) is 17.4 Å². The summed E-state index contributed by atoms with van der Waals surface area (Å²) in [7, 11) is -2.10. The summed E-state index contributed by atoms with van der Waals surface area (Å²) in [6.45, 7) is 0.635. The Kier molecular flexibility index (Phi) is 5.01. The maximum Gasteiger partial charge on any atom is 0.243 e. The van der Waals surface area contributed by atoms with Gasteiger partial charge >= 0.3 is 0 Å². The summed E-state index contributed by atoms with van der Waals surface area (Å²) >= 11 is 5.62. The van der Waals surface area contributed by atoms with Gasteiger partial charge in [-0.2, -0.15) is 4.31 Å². The molecule has 0 radical (unpaired) electrons. The Bertz CT molecular complexity index is 575. The molecular weight excluding hydrogens is 305 g/mol. The van der Waals surface area contributed by atoms with Gasteiger partial charge in [0.2, 0.25) is 10.0 Å². The molecule has 20 heavy (non-hydrogen) atoms. The second kappa shape index (κ2) is 6.39. The Morgan fingerprint density at radius 2 is 2.15 bits per heavy atom. The van der Waals surface area contributed by atoms with Crippen LogP contribution in [0, 0.1) is 5.82 Å². The van der Waals surface area contributed by atoms with Crippen LogP contribution in [0.25, 0.3) is 0 Å². The third kappa shape index (κ3) is 3.31. The van der Waals surface area contributed by atoms with E-state index in [2.05, 4.69) is 0 Å². The lowest BCUT2D eigenvalue weighted by Crippen LogP contribution is -2.35. The van der Waals surface area contributed by atoms with Crippen molar-refractivity contribution in [1.29, 1.82) is 0 Å². The van der Waals surface area contributed by atoms with Crippen molar-refractivity contribution in [3.63, 3.8) is 0 Å². The van der Waals surface area contributed by atoms with Crippen molar-refractivity contribution in [2.45, 2.75) is 29.7 Å². The van der Waals surface area contributed by atoms with Crippen LogP contribution in [-0.4, -0.2) is 39.0 Å². The van der Waals surface area contributed by atoms with Crippen molar-refractivity contribution < 1.29 is 17.5 Å². The van der Waals surface area contributed by atoms with E-state index in [4.69, 9.17) is 16.3 Å². The minimum atomic E-state index is -3.63. The molecule has 4 nitrogen and oxygen atoms in total. The first-order chi connectivity index (χ1) is 9.50. The van der Waals surface area contributed by atoms with Gasteiger partial charge in [0, 0.05) is 25.3 Å². The number of hydrogen-bond donors (Lipinski definition) is 0. The van der Waals surface area contributed by atoms with E-state index >= 15 is 0 Å². The third-order valence-corrected chi connectivity index (χ3v) is 5.47. The van der Waals surface area contributed by atoms with Gasteiger partial charge in [-0.3, -0.25) is 0 Å². The van der Waals surface area contributed by atoms with Crippen LogP contribution < -0.4 is 0 Å². The fourth-order valence-corrected chi connectivity index (χ4v) is 3.92. The number of rotatable bonds is 7. The van der Waals surface area contributed by atoms with E-state index in [1.807, 2.05) is 0 Å². The molecule has 0 atom stereocenters. The Hall–Kier alpha value is -0.690. The molecule has 112 valence electrons. The normalized spacial score (nSPS) is 15.8. The van der Waals surface area contributed by atoms with E-state index in [0.29, 0.717) is 13.2 Å². The summed E-state index contributed by atoms with van der Waals surface area (Å²) in [6.07, 6.45) is 1.71. The lowest BCUT2D eigenvalue weighted by Gasteiger charge is -2.21. The van der Waals surface area contributed by atoms with Crippen LogP contribution in [0.1, 0.15) is 18.4 Å². The maximum atomic E-state index is 13.4. The second-order valence-corrected chi connectivity index (χ2v) is 6.88. The molecule has 7 heteroatoms. The van der Waals surface area contributed by atoms with Gasteiger partial charge < -0.3 is 4.74 Å². The average Bonchev–Trinajstić information content (AvgIpc) is 3.24. The van der Waals surface area contributed by atoms with Crippen LogP contribution >= 0.6 is 11.6 Å².